The van der Waals surface area contributed by atoms with Crippen molar-refractivity contribution in [1.82, 2.24) is 10.2 Å². The van der Waals surface area contributed by atoms with Gasteiger partial charge in [0.2, 0.25) is 0 Å². The predicted molar refractivity (Wildman–Crippen MR) is 85.2 cm³/mol. The number of benzene rings is 1. The summed E-state index contributed by atoms with van der Waals surface area (Å²) < 4.78 is 0.952. The predicted octanol–water partition coefficient (Wildman–Crippen LogP) is 3.64. The van der Waals surface area contributed by atoms with Gasteiger partial charge in [0.25, 0.3) is 5.91 Å². The standard InChI is InChI=1S/C14H14Cl2N2OS/c1-8-7-17-4-5-18(8)14(19)13-12(16)10-3-2-9(15)6-11(10)20-13/h2-3,6,8,17H,4-5,7H2,1H3/t8-/m0/s1. The van der Waals surface area contributed by atoms with Crippen LogP contribution < -0.4 is 5.32 Å². The molecule has 1 N–H and O–H groups in total. The van der Waals surface area contributed by atoms with Crippen molar-refractivity contribution in [1.29, 1.82) is 0 Å². The van der Waals surface area contributed by atoms with E-state index in [9.17, 15) is 4.79 Å². The summed E-state index contributed by atoms with van der Waals surface area (Å²) in [6, 6.07) is 5.70. The molecule has 1 aliphatic heterocycles. The molecule has 3 rings (SSSR count). The summed E-state index contributed by atoms with van der Waals surface area (Å²) in [6.45, 7) is 4.40. The highest BCUT2D eigenvalue weighted by atomic mass is 35.5. The van der Waals surface area contributed by atoms with Crippen molar-refractivity contribution in [2.24, 2.45) is 0 Å². The third-order valence-corrected chi connectivity index (χ3v) is 5.43. The number of nitrogens with one attached hydrogen (secondary N) is 1. The van der Waals surface area contributed by atoms with E-state index in [1.165, 1.54) is 11.3 Å². The molecule has 0 saturated carbocycles. The molecule has 1 aliphatic rings. The van der Waals surface area contributed by atoms with Crippen molar-refractivity contribution in [2.45, 2.75) is 13.0 Å². The van der Waals surface area contributed by atoms with Gasteiger partial charge >= 0.3 is 0 Å². The second-order valence-corrected chi connectivity index (χ2v) is 6.80. The number of nitrogens with zero attached hydrogens (tertiary/aromatic N) is 1. The fraction of sp³-hybridized carbons (Fsp3) is 0.357. The minimum absolute atomic E-state index is 0.0151. The first-order valence-electron chi connectivity index (χ1n) is 6.47. The number of rotatable bonds is 1. The van der Waals surface area contributed by atoms with Crippen LogP contribution >= 0.6 is 34.5 Å². The summed E-state index contributed by atoms with van der Waals surface area (Å²) >= 11 is 13.8. The van der Waals surface area contributed by atoms with Gasteiger partial charge in [-0.2, -0.15) is 0 Å². The van der Waals surface area contributed by atoms with Crippen molar-refractivity contribution < 1.29 is 4.79 Å². The molecule has 1 amide bonds. The fourth-order valence-electron chi connectivity index (χ4n) is 2.45. The molecule has 1 atom stereocenters. The van der Waals surface area contributed by atoms with Gasteiger partial charge in [-0.15, -0.1) is 11.3 Å². The molecule has 0 radical (unpaired) electrons. The maximum absolute atomic E-state index is 12.7. The van der Waals surface area contributed by atoms with E-state index in [-0.39, 0.29) is 11.9 Å². The Labute approximate surface area is 131 Å². The van der Waals surface area contributed by atoms with Gasteiger partial charge in [0.15, 0.2) is 0 Å². The van der Waals surface area contributed by atoms with Crippen molar-refractivity contribution >= 4 is 50.5 Å². The third kappa shape index (κ3) is 2.42. The van der Waals surface area contributed by atoms with Crippen molar-refractivity contribution in [3.8, 4) is 0 Å². The Hall–Kier alpha value is -0.810. The Morgan fingerprint density at radius 2 is 2.25 bits per heavy atom. The van der Waals surface area contributed by atoms with Crippen LogP contribution in [0.4, 0.5) is 0 Å². The Kier molecular flexibility index (Phi) is 3.91. The number of amides is 1. The van der Waals surface area contributed by atoms with Crippen LogP contribution in [0.15, 0.2) is 18.2 Å². The zero-order chi connectivity index (χ0) is 14.3. The van der Waals surface area contributed by atoms with Gasteiger partial charge < -0.3 is 10.2 Å². The molecule has 2 heterocycles. The summed E-state index contributed by atoms with van der Waals surface area (Å²) in [6.07, 6.45) is 0. The molecule has 0 bridgehead atoms. The maximum atomic E-state index is 12.7. The fourth-order valence-corrected chi connectivity index (χ4v) is 4.19. The number of hydrogen-bond acceptors (Lipinski definition) is 3. The molecule has 1 fully saturated rings. The van der Waals surface area contributed by atoms with E-state index in [1.54, 1.807) is 6.07 Å². The van der Waals surface area contributed by atoms with E-state index >= 15 is 0 Å². The average Bonchev–Trinajstić information content (AvgIpc) is 2.75. The molecule has 2 aromatic rings. The van der Waals surface area contributed by atoms with E-state index < -0.39 is 0 Å². The Balaban J connectivity index is 2.01. The number of fused-ring (bicyclic) bond motifs is 1. The van der Waals surface area contributed by atoms with E-state index in [4.69, 9.17) is 23.2 Å². The molecular formula is C14H14Cl2N2OS. The summed E-state index contributed by atoms with van der Waals surface area (Å²) in [5.74, 6) is 0.0151. The highest BCUT2D eigenvalue weighted by molar-refractivity contribution is 7.21. The zero-order valence-electron chi connectivity index (χ0n) is 11.0. The summed E-state index contributed by atoms with van der Waals surface area (Å²) in [7, 11) is 0. The van der Waals surface area contributed by atoms with Crippen LogP contribution in [0.2, 0.25) is 10.0 Å². The minimum Gasteiger partial charge on any atom is -0.333 e. The van der Waals surface area contributed by atoms with Crippen LogP contribution in [0, 0.1) is 0 Å². The SMILES string of the molecule is C[C@H]1CNCCN1C(=O)c1sc2cc(Cl)ccc2c1Cl. The minimum atomic E-state index is 0.0151. The van der Waals surface area contributed by atoms with Gasteiger partial charge in [0, 0.05) is 40.8 Å². The lowest BCUT2D eigenvalue weighted by molar-refractivity contribution is 0.0661. The van der Waals surface area contributed by atoms with Crippen LogP contribution in [0.5, 0.6) is 0 Å². The van der Waals surface area contributed by atoms with Crippen LogP contribution in [0.3, 0.4) is 0 Å². The number of halogens is 2. The smallest absolute Gasteiger partial charge is 0.265 e. The third-order valence-electron chi connectivity index (χ3n) is 3.55. The number of thiophene rings is 1. The van der Waals surface area contributed by atoms with Crippen molar-refractivity contribution in [3.05, 3.63) is 33.1 Å². The molecule has 3 nitrogen and oxygen atoms in total. The van der Waals surface area contributed by atoms with E-state index in [0.29, 0.717) is 21.5 Å². The Morgan fingerprint density at radius 3 is 3.00 bits per heavy atom. The van der Waals surface area contributed by atoms with Gasteiger partial charge in [0.05, 0.1) is 5.02 Å². The van der Waals surface area contributed by atoms with Gasteiger partial charge in [-0.1, -0.05) is 29.3 Å². The molecule has 6 heteroatoms. The molecule has 20 heavy (non-hydrogen) atoms. The number of carbonyl (C=O) groups excluding carboxylic acids is 1. The van der Waals surface area contributed by atoms with Gasteiger partial charge in [-0.05, 0) is 19.1 Å². The van der Waals surface area contributed by atoms with Crippen molar-refractivity contribution in [3.63, 3.8) is 0 Å². The zero-order valence-corrected chi connectivity index (χ0v) is 13.3. The molecule has 1 aromatic carbocycles. The molecule has 1 aromatic heterocycles. The van der Waals surface area contributed by atoms with Crippen LogP contribution in [-0.4, -0.2) is 36.5 Å². The topological polar surface area (TPSA) is 32.3 Å². The first-order valence-corrected chi connectivity index (χ1v) is 8.04. The van der Waals surface area contributed by atoms with Gasteiger partial charge in [0.1, 0.15) is 4.88 Å². The lowest BCUT2D eigenvalue weighted by atomic mass is 10.2. The first kappa shape index (κ1) is 14.1. The Morgan fingerprint density at radius 1 is 1.45 bits per heavy atom. The monoisotopic (exact) mass is 328 g/mol. The second-order valence-electron chi connectivity index (χ2n) is 4.94. The summed E-state index contributed by atoms with van der Waals surface area (Å²) in [5.41, 5.74) is 0. The van der Waals surface area contributed by atoms with Crippen molar-refractivity contribution in [2.75, 3.05) is 19.6 Å². The number of piperazine rings is 1. The van der Waals surface area contributed by atoms with Crippen LogP contribution in [0.25, 0.3) is 10.1 Å². The summed E-state index contributed by atoms with van der Waals surface area (Å²) in [4.78, 5) is 15.2. The highest BCUT2D eigenvalue weighted by Gasteiger charge is 2.27. The van der Waals surface area contributed by atoms with Crippen LogP contribution in [0.1, 0.15) is 16.6 Å². The van der Waals surface area contributed by atoms with E-state index in [2.05, 4.69) is 5.32 Å². The molecule has 0 spiro atoms. The van der Waals surface area contributed by atoms with Gasteiger partial charge in [-0.25, -0.2) is 0 Å². The largest absolute Gasteiger partial charge is 0.333 e. The lowest BCUT2D eigenvalue weighted by Crippen LogP contribution is -2.52. The molecule has 0 unspecified atom stereocenters. The number of hydrogen-bond donors (Lipinski definition) is 1. The normalized spacial score (nSPS) is 19.6. The number of carbonyl (C=O) groups is 1. The quantitative estimate of drug-likeness (QED) is 0.866. The molecule has 0 aliphatic carbocycles. The highest BCUT2D eigenvalue weighted by Crippen LogP contribution is 2.37. The molecule has 1 saturated heterocycles. The first-order chi connectivity index (χ1) is 9.58. The second kappa shape index (κ2) is 5.53. The van der Waals surface area contributed by atoms with E-state index in [0.717, 1.165) is 23.2 Å². The average molecular weight is 329 g/mol. The summed E-state index contributed by atoms with van der Waals surface area (Å²) in [5, 5.41) is 5.37. The van der Waals surface area contributed by atoms with E-state index in [1.807, 2.05) is 24.0 Å². The molecule has 106 valence electrons. The Bertz CT molecular complexity index is 670. The maximum Gasteiger partial charge on any atom is 0.265 e. The molecular weight excluding hydrogens is 315 g/mol. The van der Waals surface area contributed by atoms with Crippen LogP contribution in [-0.2, 0) is 0 Å². The van der Waals surface area contributed by atoms with Gasteiger partial charge in [-0.3, -0.25) is 4.79 Å². The lowest BCUT2D eigenvalue weighted by Gasteiger charge is -2.33.